The molecule has 91 heavy (non-hydrogen) atoms. The predicted molar refractivity (Wildman–Crippen MR) is 380 cm³/mol. The van der Waals surface area contributed by atoms with Crippen LogP contribution in [0.2, 0.25) is 0 Å². The monoisotopic (exact) mass is 1280 g/mol. The highest BCUT2D eigenvalue weighted by Gasteiger charge is 2.49. The van der Waals surface area contributed by atoms with Gasteiger partial charge in [-0.3, -0.25) is 19.2 Å². The molecule has 0 amide bonds. The van der Waals surface area contributed by atoms with Crippen molar-refractivity contribution in [2.45, 2.75) is 418 Å². The fourth-order valence-electron chi connectivity index (χ4n) is 11.9. The van der Waals surface area contributed by atoms with Crippen molar-refractivity contribution in [2.75, 3.05) is 19.8 Å². The Morgan fingerprint density at radius 2 is 0.527 bits per heavy atom. The van der Waals surface area contributed by atoms with Crippen LogP contribution in [0.5, 0.6) is 0 Å². The van der Waals surface area contributed by atoms with Gasteiger partial charge in [0.15, 0.2) is 30.7 Å². The molecule has 11 nitrogen and oxygen atoms in total. The molecule has 0 saturated carbocycles. The van der Waals surface area contributed by atoms with Crippen molar-refractivity contribution >= 4 is 23.9 Å². The molecule has 530 valence electrons. The Morgan fingerprint density at radius 1 is 0.308 bits per heavy atom. The normalized spacial score (nSPS) is 14.3. The highest BCUT2D eigenvalue weighted by atomic mass is 16.7. The predicted octanol–water partition coefficient (Wildman–Crippen LogP) is 23.1. The molecule has 0 aromatic rings. The van der Waals surface area contributed by atoms with E-state index in [9.17, 15) is 24.3 Å². The minimum atomic E-state index is -1.53. The van der Waals surface area contributed by atoms with Crippen LogP contribution in [0.3, 0.4) is 0 Å². The van der Waals surface area contributed by atoms with E-state index in [1.807, 2.05) is 0 Å². The fourth-order valence-corrected chi connectivity index (χ4v) is 11.9. The standard InChI is InChI=1S/C80H144O11/c1-5-9-13-17-21-25-29-33-37-41-45-49-53-57-61-65-73(82)88-72(71-81)77(89-74(83)66-62-58-54-50-46-42-38-34-30-26-22-18-14-10-6-2)78(90-75(84)67-63-59-55-51-47-43-39-35-31-27-23-19-15-11-7-3)79(80-86-69-70-87-80)91-76(85)68-64-60-56-52-48-44-40-36-32-28-24-20-16-12-8-4/h33-40,72,77-81H,5-32,41-71H2,1-4H3/t72-,77-,78+,79-/m1/s1. The molecule has 0 radical (unpaired) electrons. The van der Waals surface area contributed by atoms with Crippen LogP contribution >= 0.6 is 0 Å². The van der Waals surface area contributed by atoms with Gasteiger partial charge in [0.05, 0.1) is 19.8 Å². The third-order valence-electron chi connectivity index (χ3n) is 17.8. The topological polar surface area (TPSA) is 144 Å². The van der Waals surface area contributed by atoms with Gasteiger partial charge in [-0.1, -0.05) is 282 Å². The first-order chi connectivity index (χ1) is 44.8. The summed E-state index contributed by atoms with van der Waals surface area (Å²) in [5.41, 5.74) is 0. The van der Waals surface area contributed by atoms with Gasteiger partial charge >= 0.3 is 23.9 Å². The van der Waals surface area contributed by atoms with E-state index in [2.05, 4.69) is 76.3 Å². The average molecular weight is 1280 g/mol. The Bertz CT molecular complexity index is 1740. The van der Waals surface area contributed by atoms with Gasteiger partial charge in [0.1, 0.15) is 0 Å². The summed E-state index contributed by atoms with van der Waals surface area (Å²) >= 11 is 0. The second kappa shape index (κ2) is 68.1. The van der Waals surface area contributed by atoms with Gasteiger partial charge in [-0.15, -0.1) is 0 Å². The minimum absolute atomic E-state index is 0.0710. The second-order valence-electron chi connectivity index (χ2n) is 26.5. The van der Waals surface area contributed by atoms with E-state index in [0.717, 1.165) is 154 Å². The maximum absolute atomic E-state index is 14.2. The van der Waals surface area contributed by atoms with Crippen molar-refractivity contribution in [3.05, 3.63) is 48.6 Å². The highest BCUT2D eigenvalue weighted by Crippen LogP contribution is 2.28. The van der Waals surface area contributed by atoms with Gasteiger partial charge in [0, 0.05) is 25.7 Å². The van der Waals surface area contributed by atoms with Crippen molar-refractivity contribution in [1.82, 2.24) is 0 Å². The van der Waals surface area contributed by atoms with Crippen LogP contribution in [0.1, 0.15) is 387 Å². The number of esters is 4. The van der Waals surface area contributed by atoms with Gasteiger partial charge < -0.3 is 33.5 Å². The Kier molecular flexibility index (Phi) is 64.2. The smallest absolute Gasteiger partial charge is 0.306 e. The summed E-state index contributed by atoms with van der Waals surface area (Å²) in [5, 5.41) is 11.1. The number of rotatable bonds is 69. The van der Waals surface area contributed by atoms with Crippen LogP contribution in [0.15, 0.2) is 48.6 Å². The molecule has 0 aliphatic carbocycles. The Balaban J connectivity index is 3.19. The average Bonchev–Trinajstić information content (AvgIpc) is 2.17. The first-order valence-electron chi connectivity index (χ1n) is 39.0. The quantitative estimate of drug-likeness (QED) is 0.0269. The van der Waals surface area contributed by atoms with E-state index in [1.54, 1.807) is 0 Å². The maximum Gasteiger partial charge on any atom is 0.306 e. The molecule has 0 bridgehead atoms. The van der Waals surface area contributed by atoms with Crippen LogP contribution in [0.4, 0.5) is 0 Å². The largest absolute Gasteiger partial charge is 0.456 e. The number of ether oxygens (including phenoxy) is 6. The van der Waals surface area contributed by atoms with E-state index in [4.69, 9.17) is 28.4 Å². The first-order valence-corrected chi connectivity index (χ1v) is 39.0. The SMILES string of the molecule is CCCCCCCCC=CCCCCCCCC(=O)O[C@@H]([C@H](OC(=O)CCCCCCCC=CCCCCCCCC)[C@@H](OC(=O)CCCCCCCC=CCCCCCCCC)C1OCCO1)[C@@H](CO)OC(=O)CCCCCCCC=CCCCCCCCC. The van der Waals surface area contributed by atoms with Crippen molar-refractivity contribution in [3.8, 4) is 0 Å². The molecule has 1 rings (SSSR count). The molecule has 0 aromatic carbocycles. The minimum Gasteiger partial charge on any atom is -0.456 e. The molecular weight excluding hydrogens is 1140 g/mol. The zero-order valence-electron chi connectivity index (χ0n) is 59.8. The van der Waals surface area contributed by atoms with Crippen LogP contribution in [-0.4, -0.2) is 79.5 Å². The molecule has 0 unspecified atom stereocenters. The first kappa shape index (κ1) is 85.7. The molecule has 1 saturated heterocycles. The molecule has 1 fully saturated rings. The molecular formula is C80H144O11. The summed E-state index contributed by atoms with van der Waals surface area (Å²) in [4.78, 5) is 56.0. The summed E-state index contributed by atoms with van der Waals surface area (Å²) in [6.45, 7) is 8.69. The Morgan fingerprint density at radius 3 is 0.791 bits per heavy atom. The maximum atomic E-state index is 14.2. The fraction of sp³-hybridized carbons (Fsp3) is 0.850. The Labute approximate surface area is 560 Å². The molecule has 4 atom stereocenters. The third kappa shape index (κ3) is 55.7. The lowest BCUT2D eigenvalue weighted by Crippen LogP contribution is -2.56. The molecule has 1 aliphatic heterocycles. The lowest BCUT2D eigenvalue weighted by Gasteiger charge is -2.37. The van der Waals surface area contributed by atoms with Gasteiger partial charge in [0.25, 0.3) is 0 Å². The lowest BCUT2D eigenvalue weighted by atomic mass is 10.0. The summed E-state index contributed by atoms with van der Waals surface area (Å²) < 4.78 is 37.0. The van der Waals surface area contributed by atoms with E-state index >= 15 is 0 Å². The van der Waals surface area contributed by atoms with Gasteiger partial charge in [-0.2, -0.15) is 0 Å². The van der Waals surface area contributed by atoms with E-state index in [-0.39, 0.29) is 38.9 Å². The molecule has 1 aliphatic rings. The van der Waals surface area contributed by atoms with Crippen molar-refractivity contribution in [3.63, 3.8) is 0 Å². The highest BCUT2D eigenvalue weighted by molar-refractivity contribution is 5.72. The number of allylic oxidation sites excluding steroid dienone is 8. The van der Waals surface area contributed by atoms with Crippen molar-refractivity contribution in [2.24, 2.45) is 0 Å². The summed E-state index contributed by atoms with van der Waals surface area (Å²) in [5.74, 6) is -2.24. The number of hydrogen-bond acceptors (Lipinski definition) is 11. The van der Waals surface area contributed by atoms with Gasteiger partial charge in [0.2, 0.25) is 0 Å². The number of hydrogen-bond donors (Lipinski definition) is 1. The number of carbonyl (C=O) groups is 4. The molecule has 0 aromatic heterocycles. The number of carbonyl (C=O) groups excluding carboxylic acids is 4. The van der Waals surface area contributed by atoms with E-state index < -0.39 is 61.2 Å². The van der Waals surface area contributed by atoms with Crippen LogP contribution in [0.25, 0.3) is 0 Å². The van der Waals surface area contributed by atoms with Crippen molar-refractivity contribution in [1.29, 1.82) is 0 Å². The zero-order chi connectivity index (χ0) is 65.8. The summed E-state index contributed by atoms with van der Waals surface area (Å²) in [6, 6.07) is 0. The summed E-state index contributed by atoms with van der Waals surface area (Å²) in [7, 11) is 0. The Hall–Kier alpha value is -3.28. The van der Waals surface area contributed by atoms with E-state index in [0.29, 0.717) is 25.7 Å². The van der Waals surface area contributed by atoms with Crippen LogP contribution in [-0.2, 0) is 47.6 Å². The lowest BCUT2D eigenvalue weighted by molar-refractivity contribution is -0.229. The number of aliphatic hydroxyl groups is 1. The van der Waals surface area contributed by atoms with E-state index in [1.165, 1.54) is 154 Å². The third-order valence-corrected chi connectivity index (χ3v) is 17.8. The number of aliphatic hydroxyl groups excluding tert-OH is 1. The zero-order valence-corrected chi connectivity index (χ0v) is 59.8. The van der Waals surface area contributed by atoms with Gasteiger partial charge in [-0.25, -0.2) is 0 Å². The molecule has 11 heteroatoms. The van der Waals surface area contributed by atoms with Crippen LogP contribution in [0, 0.1) is 0 Å². The summed E-state index contributed by atoms with van der Waals surface area (Å²) in [6.07, 6.45) is 70.2. The van der Waals surface area contributed by atoms with Crippen molar-refractivity contribution < 1.29 is 52.7 Å². The molecule has 1 N–H and O–H groups in total. The number of unbranched alkanes of at least 4 members (excludes halogenated alkanes) is 44. The molecule has 0 spiro atoms. The van der Waals surface area contributed by atoms with Crippen LogP contribution < -0.4 is 0 Å². The molecule has 1 heterocycles. The van der Waals surface area contributed by atoms with Gasteiger partial charge in [-0.05, 0) is 128 Å². The second-order valence-corrected chi connectivity index (χ2v) is 26.5.